The van der Waals surface area contributed by atoms with Crippen molar-refractivity contribution in [2.75, 3.05) is 0 Å². The number of benzene rings is 1. The second-order valence-corrected chi connectivity index (χ2v) is 7.45. The van der Waals surface area contributed by atoms with Gasteiger partial charge in [-0.15, -0.1) is 11.3 Å². The maximum atomic E-state index is 12.3. The molecule has 0 saturated heterocycles. The Morgan fingerprint density at radius 1 is 1.25 bits per heavy atom. The second-order valence-electron chi connectivity index (χ2n) is 6.42. The summed E-state index contributed by atoms with van der Waals surface area (Å²) in [5.74, 6) is -1.43. The molecule has 0 bridgehead atoms. The number of amides is 1. The number of carbonyl (C=O) groups is 2. The van der Waals surface area contributed by atoms with Gasteiger partial charge in [0, 0.05) is 5.56 Å². The molecule has 126 valence electrons. The number of aliphatic carboxylic acids is 1. The molecule has 1 heterocycles. The first-order valence-corrected chi connectivity index (χ1v) is 8.74. The van der Waals surface area contributed by atoms with Crippen LogP contribution in [0.1, 0.15) is 41.9 Å². The molecule has 1 saturated carbocycles. The number of carbonyl (C=O) groups excluding carboxylic acids is 1. The number of rotatable bonds is 5. The number of aromatic nitrogens is 1. The first-order valence-electron chi connectivity index (χ1n) is 7.92. The minimum atomic E-state index is -1.22. The van der Waals surface area contributed by atoms with Crippen molar-refractivity contribution >= 4 is 23.2 Å². The van der Waals surface area contributed by atoms with Crippen LogP contribution in [0.5, 0.6) is 0 Å². The zero-order valence-electron chi connectivity index (χ0n) is 13.9. The van der Waals surface area contributed by atoms with Gasteiger partial charge in [0.2, 0.25) is 5.91 Å². The summed E-state index contributed by atoms with van der Waals surface area (Å²) in [6.45, 7) is 5.82. The molecule has 1 amide bonds. The van der Waals surface area contributed by atoms with Crippen LogP contribution in [0.15, 0.2) is 24.3 Å². The summed E-state index contributed by atoms with van der Waals surface area (Å²) >= 11 is 1.53. The molecule has 2 aromatic rings. The summed E-state index contributed by atoms with van der Waals surface area (Å²) in [5.41, 5.74) is 1.88. The van der Waals surface area contributed by atoms with Gasteiger partial charge in [-0.2, -0.15) is 0 Å². The van der Waals surface area contributed by atoms with Gasteiger partial charge in [0.15, 0.2) is 0 Å². The van der Waals surface area contributed by atoms with Crippen molar-refractivity contribution in [2.24, 2.45) is 5.41 Å². The van der Waals surface area contributed by atoms with Crippen LogP contribution in [0.3, 0.4) is 0 Å². The molecular formula is C18H20N2O3S. The number of nitrogens with zero attached hydrogens (tertiary/aromatic N) is 1. The Balaban J connectivity index is 1.78. The van der Waals surface area contributed by atoms with E-state index in [0.29, 0.717) is 12.8 Å². The first kappa shape index (κ1) is 16.6. The Bertz CT molecular complexity index is 791. The average molecular weight is 344 g/mol. The standard InChI is InChI=1S/C18H20N2O3S/c1-10-4-6-13(7-5-10)15-19-11(2)14(24-15)12(3)20-16(21)18(8-9-18)17(22)23/h4-7,12H,8-9H2,1-3H3,(H,20,21)(H,22,23). The van der Waals surface area contributed by atoms with E-state index in [1.54, 1.807) is 0 Å². The maximum absolute atomic E-state index is 12.3. The van der Waals surface area contributed by atoms with E-state index in [-0.39, 0.29) is 6.04 Å². The van der Waals surface area contributed by atoms with Crippen molar-refractivity contribution in [1.82, 2.24) is 10.3 Å². The van der Waals surface area contributed by atoms with Crippen LogP contribution in [0.4, 0.5) is 0 Å². The van der Waals surface area contributed by atoms with E-state index in [2.05, 4.69) is 10.3 Å². The molecule has 1 aliphatic carbocycles. The van der Waals surface area contributed by atoms with E-state index in [9.17, 15) is 14.7 Å². The van der Waals surface area contributed by atoms with Gasteiger partial charge in [0.05, 0.1) is 16.6 Å². The molecule has 1 aromatic heterocycles. The lowest BCUT2D eigenvalue weighted by molar-refractivity contribution is -0.149. The molecule has 0 spiro atoms. The number of nitrogens with one attached hydrogen (secondary N) is 1. The molecule has 6 heteroatoms. The van der Waals surface area contributed by atoms with Gasteiger partial charge < -0.3 is 10.4 Å². The largest absolute Gasteiger partial charge is 0.480 e. The Hall–Kier alpha value is -2.21. The van der Waals surface area contributed by atoms with E-state index in [0.717, 1.165) is 21.1 Å². The van der Waals surface area contributed by atoms with Crippen molar-refractivity contribution < 1.29 is 14.7 Å². The lowest BCUT2D eigenvalue weighted by atomic mass is 10.1. The molecule has 1 aromatic carbocycles. The molecule has 1 atom stereocenters. The highest BCUT2D eigenvalue weighted by atomic mass is 32.1. The fraction of sp³-hybridized carbons (Fsp3) is 0.389. The van der Waals surface area contributed by atoms with Crippen LogP contribution in [0, 0.1) is 19.3 Å². The maximum Gasteiger partial charge on any atom is 0.319 e. The average Bonchev–Trinajstić information content (AvgIpc) is 3.26. The third-order valence-electron chi connectivity index (χ3n) is 4.47. The molecule has 0 radical (unpaired) electrons. The third-order valence-corrected chi connectivity index (χ3v) is 5.86. The van der Waals surface area contributed by atoms with Crippen molar-refractivity contribution in [2.45, 2.75) is 39.7 Å². The number of hydrogen-bond donors (Lipinski definition) is 2. The van der Waals surface area contributed by atoms with Gasteiger partial charge in [-0.25, -0.2) is 4.98 Å². The van der Waals surface area contributed by atoms with Gasteiger partial charge in [-0.1, -0.05) is 29.8 Å². The molecule has 2 N–H and O–H groups in total. The number of aryl methyl sites for hydroxylation is 2. The Morgan fingerprint density at radius 2 is 1.88 bits per heavy atom. The Labute approximate surface area is 144 Å². The molecule has 24 heavy (non-hydrogen) atoms. The van der Waals surface area contributed by atoms with Gasteiger partial charge in [0.25, 0.3) is 0 Å². The quantitative estimate of drug-likeness (QED) is 0.814. The zero-order chi connectivity index (χ0) is 17.5. The van der Waals surface area contributed by atoms with Gasteiger partial charge >= 0.3 is 5.97 Å². The van der Waals surface area contributed by atoms with Gasteiger partial charge in [-0.3, -0.25) is 9.59 Å². The molecule has 5 nitrogen and oxygen atoms in total. The summed E-state index contributed by atoms with van der Waals surface area (Å²) in [6.07, 6.45) is 0.828. The van der Waals surface area contributed by atoms with Crippen LogP contribution in [0.25, 0.3) is 10.6 Å². The van der Waals surface area contributed by atoms with Crippen LogP contribution < -0.4 is 5.32 Å². The van der Waals surface area contributed by atoms with Crippen LogP contribution in [0.2, 0.25) is 0 Å². The predicted octanol–water partition coefficient (Wildman–Crippen LogP) is 3.47. The minimum absolute atomic E-state index is 0.258. The normalized spacial score (nSPS) is 16.5. The van der Waals surface area contributed by atoms with Gasteiger partial charge in [0.1, 0.15) is 10.4 Å². The molecule has 1 fully saturated rings. The SMILES string of the molecule is Cc1ccc(-c2nc(C)c(C(C)NC(=O)C3(C(=O)O)CC3)s2)cc1. The topological polar surface area (TPSA) is 79.3 Å². The molecule has 0 aliphatic heterocycles. The molecular weight excluding hydrogens is 324 g/mol. The third kappa shape index (κ3) is 2.94. The zero-order valence-corrected chi connectivity index (χ0v) is 14.7. The van der Waals surface area contributed by atoms with Gasteiger partial charge in [-0.05, 0) is 33.6 Å². The van der Waals surface area contributed by atoms with Crippen molar-refractivity contribution in [3.05, 3.63) is 40.4 Å². The Kier molecular flexibility index (Phi) is 4.17. The minimum Gasteiger partial charge on any atom is -0.480 e. The van der Waals surface area contributed by atoms with E-state index in [4.69, 9.17) is 0 Å². The molecule has 1 unspecified atom stereocenters. The summed E-state index contributed by atoms with van der Waals surface area (Å²) < 4.78 is 0. The van der Waals surface area contributed by atoms with E-state index < -0.39 is 17.3 Å². The van der Waals surface area contributed by atoms with Crippen LogP contribution >= 0.6 is 11.3 Å². The summed E-state index contributed by atoms with van der Waals surface area (Å²) in [7, 11) is 0. The summed E-state index contributed by atoms with van der Waals surface area (Å²) in [5, 5.41) is 13.0. The highest BCUT2D eigenvalue weighted by Gasteiger charge is 2.57. The lowest BCUT2D eigenvalue weighted by Gasteiger charge is -2.16. The first-order chi connectivity index (χ1) is 11.3. The highest BCUT2D eigenvalue weighted by molar-refractivity contribution is 7.15. The number of carboxylic acid groups (broad SMARTS) is 1. The van der Waals surface area contributed by atoms with Crippen LogP contribution in [-0.4, -0.2) is 22.0 Å². The van der Waals surface area contributed by atoms with Crippen molar-refractivity contribution in [3.8, 4) is 10.6 Å². The van der Waals surface area contributed by atoms with Crippen molar-refractivity contribution in [1.29, 1.82) is 0 Å². The molecule has 1 aliphatic rings. The van der Waals surface area contributed by atoms with E-state index in [1.165, 1.54) is 16.9 Å². The Morgan fingerprint density at radius 3 is 2.42 bits per heavy atom. The van der Waals surface area contributed by atoms with E-state index >= 15 is 0 Å². The summed E-state index contributed by atoms with van der Waals surface area (Å²) in [6, 6.07) is 7.89. The highest BCUT2D eigenvalue weighted by Crippen LogP contribution is 2.46. The number of carboxylic acids is 1. The van der Waals surface area contributed by atoms with Crippen molar-refractivity contribution in [3.63, 3.8) is 0 Å². The van der Waals surface area contributed by atoms with Crippen LogP contribution in [-0.2, 0) is 9.59 Å². The fourth-order valence-corrected chi connectivity index (χ4v) is 3.77. The summed E-state index contributed by atoms with van der Waals surface area (Å²) in [4.78, 5) is 29.1. The predicted molar refractivity (Wildman–Crippen MR) is 92.9 cm³/mol. The monoisotopic (exact) mass is 344 g/mol. The smallest absolute Gasteiger partial charge is 0.319 e. The molecule has 3 rings (SSSR count). The van der Waals surface area contributed by atoms with E-state index in [1.807, 2.05) is 45.0 Å². The lowest BCUT2D eigenvalue weighted by Crippen LogP contribution is -2.38. The number of hydrogen-bond acceptors (Lipinski definition) is 4. The fourth-order valence-electron chi connectivity index (χ4n) is 2.69. The number of thiazole rings is 1. The second kappa shape index (κ2) is 6.02.